The first-order valence-corrected chi connectivity index (χ1v) is 7.19. The first-order valence-electron chi connectivity index (χ1n) is 5.99. The standard InChI is InChI=1S/C12H10ClN5O2S/c1-7-15-16-12-18(7)17-11(21-12)14-10(19)6-20-9-5-3-2-4-8(9)13/h2-5H,6H2,1H3,(H,14,17,19). The van der Waals surface area contributed by atoms with Crippen LogP contribution >= 0.6 is 22.9 Å². The number of para-hydroxylation sites is 1. The van der Waals surface area contributed by atoms with E-state index in [0.717, 1.165) is 0 Å². The van der Waals surface area contributed by atoms with Crippen molar-refractivity contribution in [1.82, 2.24) is 19.8 Å². The number of hydrogen-bond donors (Lipinski definition) is 1. The van der Waals surface area contributed by atoms with E-state index in [1.165, 1.54) is 11.3 Å². The van der Waals surface area contributed by atoms with Gasteiger partial charge < -0.3 is 4.74 Å². The highest BCUT2D eigenvalue weighted by molar-refractivity contribution is 7.20. The minimum atomic E-state index is -0.322. The van der Waals surface area contributed by atoms with Crippen LogP contribution in [0.1, 0.15) is 5.82 Å². The minimum absolute atomic E-state index is 0.150. The fourth-order valence-electron chi connectivity index (χ4n) is 1.63. The number of nitrogens with zero attached hydrogens (tertiary/aromatic N) is 4. The molecule has 0 saturated heterocycles. The van der Waals surface area contributed by atoms with Gasteiger partial charge >= 0.3 is 0 Å². The largest absolute Gasteiger partial charge is 0.482 e. The van der Waals surface area contributed by atoms with Gasteiger partial charge in [-0.1, -0.05) is 35.1 Å². The van der Waals surface area contributed by atoms with Gasteiger partial charge in [0.15, 0.2) is 12.4 Å². The van der Waals surface area contributed by atoms with Gasteiger partial charge in [0.1, 0.15) is 5.75 Å². The van der Waals surface area contributed by atoms with E-state index in [2.05, 4.69) is 20.6 Å². The molecule has 2 aromatic heterocycles. The lowest BCUT2D eigenvalue weighted by atomic mass is 10.3. The van der Waals surface area contributed by atoms with Crippen LogP contribution in [0.25, 0.3) is 4.96 Å². The maximum absolute atomic E-state index is 11.8. The van der Waals surface area contributed by atoms with Gasteiger partial charge in [-0.2, -0.15) is 4.52 Å². The highest BCUT2D eigenvalue weighted by Crippen LogP contribution is 2.23. The van der Waals surface area contributed by atoms with Crippen LogP contribution in [0.5, 0.6) is 5.75 Å². The number of aryl methyl sites for hydroxylation is 1. The second kappa shape index (κ2) is 5.66. The Bertz CT molecular complexity index is 800. The van der Waals surface area contributed by atoms with Crippen molar-refractivity contribution in [2.75, 3.05) is 11.9 Å². The molecule has 0 atom stereocenters. The van der Waals surface area contributed by atoms with Crippen LogP contribution in [0.3, 0.4) is 0 Å². The zero-order valence-electron chi connectivity index (χ0n) is 10.9. The van der Waals surface area contributed by atoms with Gasteiger partial charge in [-0.05, 0) is 19.1 Å². The predicted molar refractivity (Wildman–Crippen MR) is 79.0 cm³/mol. The average molecular weight is 324 g/mol. The summed E-state index contributed by atoms with van der Waals surface area (Å²) in [4.78, 5) is 12.4. The molecule has 2 heterocycles. The summed E-state index contributed by atoms with van der Waals surface area (Å²) in [6, 6.07) is 6.96. The molecule has 1 aromatic carbocycles. The van der Waals surface area contributed by atoms with Crippen LogP contribution in [-0.4, -0.2) is 32.3 Å². The Kier molecular flexibility index (Phi) is 3.72. The number of nitrogens with one attached hydrogen (secondary N) is 1. The van der Waals surface area contributed by atoms with E-state index in [1.54, 1.807) is 35.7 Å². The molecule has 0 aliphatic heterocycles. The Hall–Kier alpha value is -2.19. The third-order valence-electron chi connectivity index (χ3n) is 2.59. The molecule has 0 spiro atoms. The lowest BCUT2D eigenvalue weighted by molar-refractivity contribution is -0.118. The summed E-state index contributed by atoms with van der Waals surface area (Å²) < 4.78 is 6.91. The predicted octanol–water partition coefficient (Wildman–Crippen LogP) is 2.17. The number of amides is 1. The minimum Gasteiger partial charge on any atom is -0.482 e. The van der Waals surface area contributed by atoms with E-state index in [-0.39, 0.29) is 12.5 Å². The summed E-state index contributed by atoms with van der Waals surface area (Å²) in [6.45, 7) is 1.63. The second-order valence-corrected chi connectivity index (χ2v) is 5.48. The van der Waals surface area contributed by atoms with Gasteiger partial charge in [-0.15, -0.1) is 15.3 Å². The van der Waals surface area contributed by atoms with Crippen LogP contribution in [0, 0.1) is 6.92 Å². The van der Waals surface area contributed by atoms with Gasteiger partial charge in [0.05, 0.1) is 5.02 Å². The molecule has 0 fully saturated rings. The summed E-state index contributed by atoms with van der Waals surface area (Å²) in [5, 5.41) is 15.5. The van der Waals surface area contributed by atoms with E-state index in [4.69, 9.17) is 16.3 Å². The van der Waals surface area contributed by atoms with Crippen molar-refractivity contribution in [3.05, 3.63) is 35.1 Å². The van der Waals surface area contributed by atoms with E-state index >= 15 is 0 Å². The van der Waals surface area contributed by atoms with Crippen LogP contribution in [0.2, 0.25) is 5.02 Å². The number of rotatable bonds is 4. The molecule has 3 rings (SSSR count). The number of fused-ring (bicyclic) bond motifs is 1. The van der Waals surface area contributed by atoms with Gasteiger partial charge in [0.2, 0.25) is 10.1 Å². The normalized spacial score (nSPS) is 10.8. The number of carbonyl (C=O) groups excluding carboxylic acids is 1. The third-order valence-corrected chi connectivity index (χ3v) is 3.72. The Morgan fingerprint density at radius 2 is 2.24 bits per heavy atom. The molecule has 0 aliphatic carbocycles. The van der Waals surface area contributed by atoms with Gasteiger partial charge in [-0.25, -0.2) is 0 Å². The summed E-state index contributed by atoms with van der Waals surface area (Å²) in [5.41, 5.74) is 0. The molecule has 21 heavy (non-hydrogen) atoms. The van der Waals surface area contributed by atoms with Gasteiger partial charge in [0, 0.05) is 0 Å². The monoisotopic (exact) mass is 323 g/mol. The summed E-state index contributed by atoms with van der Waals surface area (Å²) in [7, 11) is 0. The van der Waals surface area contributed by atoms with Crippen LogP contribution in [0.4, 0.5) is 5.13 Å². The second-order valence-electron chi connectivity index (χ2n) is 4.12. The Balaban J connectivity index is 1.62. The molecule has 1 amide bonds. The highest BCUT2D eigenvalue weighted by atomic mass is 35.5. The Morgan fingerprint density at radius 1 is 1.43 bits per heavy atom. The quantitative estimate of drug-likeness (QED) is 0.795. The number of ether oxygens (including phenoxy) is 1. The zero-order chi connectivity index (χ0) is 14.8. The lowest BCUT2D eigenvalue weighted by Crippen LogP contribution is -2.20. The summed E-state index contributed by atoms with van der Waals surface area (Å²) in [6.07, 6.45) is 0. The average Bonchev–Trinajstić information content (AvgIpc) is 3.00. The molecule has 0 saturated carbocycles. The number of halogens is 1. The van der Waals surface area contributed by atoms with Crippen molar-refractivity contribution >= 4 is 38.9 Å². The zero-order valence-corrected chi connectivity index (χ0v) is 12.5. The van der Waals surface area contributed by atoms with Crippen LogP contribution in [-0.2, 0) is 4.79 Å². The molecule has 9 heteroatoms. The van der Waals surface area contributed by atoms with E-state index in [0.29, 0.717) is 26.7 Å². The van der Waals surface area contributed by atoms with Gasteiger partial charge in [-0.3, -0.25) is 10.1 Å². The molecular formula is C12H10ClN5O2S. The first-order chi connectivity index (χ1) is 10.1. The number of benzene rings is 1. The topological polar surface area (TPSA) is 81.4 Å². The Labute approximate surface area is 128 Å². The van der Waals surface area contributed by atoms with Crippen molar-refractivity contribution in [1.29, 1.82) is 0 Å². The van der Waals surface area contributed by atoms with Crippen molar-refractivity contribution in [3.8, 4) is 5.75 Å². The number of hydrogen-bond acceptors (Lipinski definition) is 6. The SMILES string of the molecule is Cc1nnc2sc(NC(=O)COc3ccccc3Cl)nn12. The fraction of sp³-hybridized carbons (Fsp3) is 0.167. The summed E-state index contributed by atoms with van der Waals surface area (Å²) in [5.74, 6) is 0.801. The van der Waals surface area contributed by atoms with Crippen molar-refractivity contribution in [3.63, 3.8) is 0 Å². The number of anilines is 1. The van der Waals surface area contributed by atoms with E-state index in [1.807, 2.05) is 0 Å². The molecule has 7 nitrogen and oxygen atoms in total. The molecule has 3 aromatic rings. The van der Waals surface area contributed by atoms with Crippen LogP contribution in [0.15, 0.2) is 24.3 Å². The summed E-state index contributed by atoms with van der Waals surface area (Å²) >= 11 is 7.17. The maximum atomic E-state index is 11.8. The highest BCUT2D eigenvalue weighted by Gasteiger charge is 2.12. The molecular weight excluding hydrogens is 314 g/mol. The maximum Gasteiger partial charge on any atom is 0.264 e. The number of aromatic nitrogens is 4. The van der Waals surface area contributed by atoms with E-state index in [9.17, 15) is 4.79 Å². The van der Waals surface area contributed by atoms with Gasteiger partial charge in [0.25, 0.3) is 5.91 Å². The fourth-order valence-corrected chi connectivity index (χ4v) is 2.62. The first kappa shape index (κ1) is 13.8. The smallest absolute Gasteiger partial charge is 0.264 e. The molecule has 0 radical (unpaired) electrons. The molecule has 108 valence electrons. The third kappa shape index (κ3) is 2.96. The van der Waals surface area contributed by atoms with E-state index < -0.39 is 0 Å². The van der Waals surface area contributed by atoms with Crippen molar-refractivity contribution in [2.24, 2.45) is 0 Å². The van der Waals surface area contributed by atoms with Crippen molar-refractivity contribution < 1.29 is 9.53 Å². The molecule has 0 unspecified atom stereocenters. The molecule has 1 N–H and O–H groups in total. The molecule has 0 bridgehead atoms. The van der Waals surface area contributed by atoms with Crippen LogP contribution < -0.4 is 10.1 Å². The number of carbonyl (C=O) groups is 1. The molecule has 0 aliphatic rings. The van der Waals surface area contributed by atoms with Crippen molar-refractivity contribution in [2.45, 2.75) is 6.92 Å². The lowest BCUT2D eigenvalue weighted by Gasteiger charge is -2.06. The Morgan fingerprint density at radius 3 is 3.00 bits per heavy atom.